The predicted octanol–water partition coefficient (Wildman–Crippen LogP) is 3.00. The SMILES string of the molecule is COC(=O)c1cccc(NCc2cc([N+](=O)[O-])ccc2OC)c1. The van der Waals surface area contributed by atoms with Crippen LogP contribution in [0.15, 0.2) is 42.5 Å². The van der Waals surface area contributed by atoms with Gasteiger partial charge in [-0.15, -0.1) is 0 Å². The molecular formula is C16H16N2O5. The Morgan fingerprint density at radius 3 is 2.65 bits per heavy atom. The normalized spacial score (nSPS) is 10.0. The van der Waals surface area contributed by atoms with Crippen molar-refractivity contribution in [2.75, 3.05) is 19.5 Å². The van der Waals surface area contributed by atoms with Crippen molar-refractivity contribution in [1.82, 2.24) is 0 Å². The van der Waals surface area contributed by atoms with E-state index in [1.165, 1.54) is 26.4 Å². The zero-order valence-electron chi connectivity index (χ0n) is 12.7. The molecule has 0 heterocycles. The first kappa shape index (κ1) is 16.3. The highest BCUT2D eigenvalue weighted by atomic mass is 16.6. The molecule has 0 radical (unpaired) electrons. The largest absolute Gasteiger partial charge is 0.496 e. The maximum absolute atomic E-state index is 11.5. The van der Waals surface area contributed by atoms with Crippen LogP contribution in [0.25, 0.3) is 0 Å². The molecule has 0 bridgehead atoms. The van der Waals surface area contributed by atoms with E-state index in [1.54, 1.807) is 30.3 Å². The van der Waals surface area contributed by atoms with Crippen LogP contribution in [0.5, 0.6) is 5.75 Å². The van der Waals surface area contributed by atoms with E-state index < -0.39 is 10.9 Å². The summed E-state index contributed by atoms with van der Waals surface area (Å²) < 4.78 is 9.88. The Bertz CT molecular complexity index is 730. The van der Waals surface area contributed by atoms with Crippen molar-refractivity contribution in [3.63, 3.8) is 0 Å². The second-order valence-electron chi connectivity index (χ2n) is 4.68. The number of carbonyl (C=O) groups is 1. The molecule has 0 saturated carbocycles. The lowest BCUT2D eigenvalue weighted by atomic mass is 10.1. The lowest BCUT2D eigenvalue weighted by Gasteiger charge is -2.11. The zero-order chi connectivity index (χ0) is 16.8. The molecule has 7 heteroatoms. The molecule has 2 rings (SSSR count). The minimum atomic E-state index is -0.458. The van der Waals surface area contributed by atoms with E-state index in [9.17, 15) is 14.9 Å². The number of nitrogens with zero attached hydrogens (tertiary/aromatic N) is 1. The predicted molar refractivity (Wildman–Crippen MR) is 84.8 cm³/mol. The minimum Gasteiger partial charge on any atom is -0.496 e. The van der Waals surface area contributed by atoms with Gasteiger partial charge in [0.1, 0.15) is 5.75 Å². The molecule has 0 unspecified atom stereocenters. The summed E-state index contributed by atoms with van der Waals surface area (Å²) in [6.45, 7) is 0.315. The highest BCUT2D eigenvalue weighted by Crippen LogP contribution is 2.25. The highest BCUT2D eigenvalue weighted by Gasteiger charge is 2.11. The number of non-ortho nitro benzene ring substituents is 1. The van der Waals surface area contributed by atoms with Gasteiger partial charge in [-0.2, -0.15) is 0 Å². The summed E-state index contributed by atoms with van der Waals surface area (Å²) in [7, 11) is 2.82. The molecule has 0 fully saturated rings. The van der Waals surface area contributed by atoms with Crippen LogP contribution in [0.4, 0.5) is 11.4 Å². The molecule has 0 spiro atoms. The van der Waals surface area contributed by atoms with Gasteiger partial charge >= 0.3 is 5.97 Å². The lowest BCUT2D eigenvalue weighted by Crippen LogP contribution is -2.05. The molecule has 0 aliphatic heterocycles. The Balaban J connectivity index is 2.18. The van der Waals surface area contributed by atoms with E-state index in [2.05, 4.69) is 10.1 Å². The molecule has 23 heavy (non-hydrogen) atoms. The van der Waals surface area contributed by atoms with Crippen LogP contribution in [0, 0.1) is 10.1 Å². The average molecular weight is 316 g/mol. The number of methoxy groups -OCH3 is 2. The number of anilines is 1. The van der Waals surface area contributed by atoms with Gasteiger partial charge in [0.2, 0.25) is 0 Å². The van der Waals surface area contributed by atoms with Crippen molar-refractivity contribution in [1.29, 1.82) is 0 Å². The van der Waals surface area contributed by atoms with Crippen molar-refractivity contribution in [3.8, 4) is 5.75 Å². The van der Waals surface area contributed by atoms with Gasteiger partial charge < -0.3 is 14.8 Å². The van der Waals surface area contributed by atoms with Crippen molar-refractivity contribution in [3.05, 3.63) is 63.7 Å². The first-order valence-electron chi connectivity index (χ1n) is 6.78. The number of hydrogen-bond donors (Lipinski definition) is 1. The molecule has 1 N–H and O–H groups in total. The van der Waals surface area contributed by atoms with Crippen molar-refractivity contribution >= 4 is 17.3 Å². The summed E-state index contributed by atoms with van der Waals surface area (Å²) in [5.74, 6) is 0.119. The van der Waals surface area contributed by atoms with E-state index in [-0.39, 0.29) is 5.69 Å². The van der Waals surface area contributed by atoms with Gasteiger partial charge in [-0.1, -0.05) is 6.07 Å². The fraction of sp³-hybridized carbons (Fsp3) is 0.188. The molecule has 0 saturated heterocycles. The molecule has 2 aromatic carbocycles. The van der Waals surface area contributed by atoms with Gasteiger partial charge in [0.25, 0.3) is 5.69 Å². The number of hydrogen-bond acceptors (Lipinski definition) is 6. The van der Waals surface area contributed by atoms with E-state index in [1.807, 2.05) is 0 Å². The van der Waals surface area contributed by atoms with Crippen LogP contribution >= 0.6 is 0 Å². The minimum absolute atomic E-state index is 0.00842. The topological polar surface area (TPSA) is 90.7 Å². The van der Waals surface area contributed by atoms with Gasteiger partial charge in [0, 0.05) is 29.9 Å². The van der Waals surface area contributed by atoms with E-state index in [4.69, 9.17) is 4.74 Å². The van der Waals surface area contributed by atoms with Crippen LogP contribution in [-0.4, -0.2) is 25.1 Å². The first-order chi connectivity index (χ1) is 11.0. The Hall–Kier alpha value is -3.09. The molecule has 0 atom stereocenters. The first-order valence-corrected chi connectivity index (χ1v) is 6.78. The molecule has 0 amide bonds. The van der Waals surface area contributed by atoms with Crippen LogP contribution in [0.3, 0.4) is 0 Å². The number of carbonyl (C=O) groups excluding carboxylic acids is 1. The second kappa shape index (κ2) is 7.26. The summed E-state index contributed by atoms with van der Waals surface area (Å²) >= 11 is 0. The summed E-state index contributed by atoms with van der Waals surface area (Å²) in [5, 5.41) is 14.0. The third-order valence-corrected chi connectivity index (χ3v) is 3.24. The smallest absolute Gasteiger partial charge is 0.337 e. The van der Waals surface area contributed by atoms with E-state index in [0.29, 0.717) is 29.1 Å². The lowest BCUT2D eigenvalue weighted by molar-refractivity contribution is -0.384. The van der Waals surface area contributed by atoms with Crippen LogP contribution in [0.2, 0.25) is 0 Å². The molecule has 0 aromatic heterocycles. The van der Waals surface area contributed by atoms with Crippen molar-refractivity contribution < 1.29 is 19.2 Å². The zero-order valence-corrected chi connectivity index (χ0v) is 12.7. The number of ether oxygens (including phenoxy) is 2. The van der Waals surface area contributed by atoms with Gasteiger partial charge in [-0.3, -0.25) is 10.1 Å². The van der Waals surface area contributed by atoms with Crippen molar-refractivity contribution in [2.45, 2.75) is 6.54 Å². The molecule has 7 nitrogen and oxygen atoms in total. The second-order valence-corrected chi connectivity index (χ2v) is 4.68. The average Bonchev–Trinajstić information content (AvgIpc) is 2.59. The Labute approximate surface area is 133 Å². The summed E-state index contributed by atoms with van der Waals surface area (Å²) in [5.41, 5.74) is 1.75. The molecule has 0 aliphatic carbocycles. The molecule has 0 aliphatic rings. The standard InChI is InChI=1S/C16H16N2O5/c1-22-15-7-6-14(18(20)21)9-12(15)10-17-13-5-3-4-11(8-13)16(19)23-2/h3-9,17H,10H2,1-2H3. The fourth-order valence-corrected chi connectivity index (χ4v) is 2.09. The summed E-state index contributed by atoms with van der Waals surface area (Å²) in [4.78, 5) is 21.9. The van der Waals surface area contributed by atoms with Gasteiger partial charge in [-0.25, -0.2) is 4.79 Å². The number of nitro benzene ring substituents is 1. The molecule has 2 aromatic rings. The number of esters is 1. The Morgan fingerprint density at radius 1 is 1.22 bits per heavy atom. The maximum Gasteiger partial charge on any atom is 0.337 e. The van der Waals surface area contributed by atoms with Gasteiger partial charge in [0.05, 0.1) is 24.7 Å². The third-order valence-electron chi connectivity index (χ3n) is 3.24. The molecule has 120 valence electrons. The van der Waals surface area contributed by atoms with Crippen molar-refractivity contribution in [2.24, 2.45) is 0 Å². The van der Waals surface area contributed by atoms with E-state index in [0.717, 1.165) is 0 Å². The number of nitro groups is 1. The fourth-order valence-electron chi connectivity index (χ4n) is 2.09. The number of benzene rings is 2. The van der Waals surface area contributed by atoms with Crippen LogP contribution in [0.1, 0.15) is 15.9 Å². The number of nitrogens with one attached hydrogen (secondary N) is 1. The van der Waals surface area contributed by atoms with E-state index >= 15 is 0 Å². The summed E-state index contributed by atoms with van der Waals surface area (Å²) in [6.07, 6.45) is 0. The quantitative estimate of drug-likeness (QED) is 0.500. The monoisotopic (exact) mass is 316 g/mol. The van der Waals surface area contributed by atoms with Gasteiger partial charge in [0.15, 0.2) is 0 Å². The maximum atomic E-state index is 11.5. The van der Waals surface area contributed by atoms with Gasteiger partial charge in [-0.05, 0) is 24.3 Å². The Kier molecular flexibility index (Phi) is 5.14. The summed E-state index contributed by atoms with van der Waals surface area (Å²) in [6, 6.07) is 11.2. The van der Waals surface area contributed by atoms with Crippen LogP contribution < -0.4 is 10.1 Å². The Morgan fingerprint density at radius 2 is 2.00 bits per heavy atom. The number of rotatable bonds is 6. The molecular weight excluding hydrogens is 300 g/mol. The van der Waals surface area contributed by atoms with Crippen LogP contribution in [-0.2, 0) is 11.3 Å². The third kappa shape index (κ3) is 3.97. The highest BCUT2D eigenvalue weighted by molar-refractivity contribution is 5.90.